The second-order valence-electron chi connectivity index (χ2n) is 7.69. The number of H-pyrrole nitrogens is 1. The summed E-state index contributed by atoms with van der Waals surface area (Å²) < 4.78 is 1.56. The number of carbonyl (C=O) groups excluding carboxylic acids is 2. The molecule has 4 heterocycles. The minimum Gasteiger partial charge on any atom is -0.322 e. The van der Waals surface area contributed by atoms with Crippen LogP contribution in [0.1, 0.15) is 23.1 Å². The minimum absolute atomic E-state index is 0.216. The summed E-state index contributed by atoms with van der Waals surface area (Å²) in [5.74, 6) is -0.0857. The van der Waals surface area contributed by atoms with Crippen molar-refractivity contribution in [1.82, 2.24) is 35.4 Å². The molecular formula is C21H20N10O2. The van der Waals surface area contributed by atoms with Crippen LogP contribution in [0.2, 0.25) is 0 Å². The third-order valence-electron chi connectivity index (χ3n) is 5.54. The first-order valence-corrected chi connectivity index (χ1v) is 10.1. The van der Waals surface area contributed by atoms with Gasteiger partial charge in [0.15, 0.2) is 5.69 Å². The molecule has 12 nitrogen and oxygen atoms in total. The number of rotatable bonds is 4. The van der Waals surface area contributed by atoms with Gasteiger partial charge in [-0.3, -0.25) is 19.7 Å². The third kappa shape index (κ3) is 3.67. The fraction of sp³-hybridized carbons (Fsp3) is 0.190. The van der Waals surface area contributed by atoms with E-state index in [4.69, 9.17) is 0 Å². The van der Waals surface area contributed by atoms with Gasteiger partial charge in [-0.15, -0.1) is 0 Å². The highest BCUT2D eigenvalue weighted by atomic mass is 16.2. The van der Waals surface area contributed by atoms with E-state index < -0.39 is 0 Å². The zero-order chi connectivity index (χ0) is 23.1. The Hall–Kier alpha value is -4.61. The van der Waals surface area contributed by atoms with E-state index in [2.05, 4.69) is 41.3 Å². The van der Waals surface area contributed by atoms with Crippen molar-refractivity contribution in [3.8, 4) is 0 Å². The van der Waals surface area contributed by atoms with Crippen molar-refractivity contribution >= 4 is 40.0 Å². The summed E-state index contributed by atoms with van der Waals surface area (Å²) in [6.45, 7) is 3.97. The van der Waals surface area contributed by atoms with Crippen molar-refractivity contribution in [3.63, 3.8) is 0 Å². The Labute approximate surface area is 187 Å². The van der Waals surface area contributed by atoms with Gasteiger partial charge in [0, 0.05) is 29.5 Å². The molecule has 0 fully saturated rings. The van der Waals surface area contributed by atoms with Gasteiger partial charge in [-0.05, 0) is 54.6 Å². The lowest BCUT2D eigenvalue weighted by molar-refractivity contribution is -0.113. The summed E-state index contributed by atoms with van der Waals surface area (Å²) in [5.41, 5.74) is 4.13. The number of nitrogens with zero attached hydrogens (tertiary/aromatic N) is 7. The first-order valence-electron chi connectivity index (χ1n) is 10.1. The maximum atomic E-state index is 13.0. The zero-order valence-electron chi connectivity index (χ0n) is 18.1. The Morgan fingerprint density at radius 3 is 2.64 bits per heavy atom. The van der Waals surface area contributed by atoms with Gasteiger partial charge in [0.25, 0.3) is 11.8 Å². The predicted molar refractivity (Wildman–Crippen MR) is 121 cm³/mol. The molecule has 3 aromatic heterocycles. The highest BCUT2D eigenvalue weighted by molar-refractivity contribution is 6.12. The number of nitrogens with one attached hydrogen (secondary N) is 3. The number of anilines is 3. The number of tetrazole rings is 1. The molecule has 0 unspecified atom stereocenters. The summed E-state index contributed by atoms with van der Waals surface area (Å²) in [7, 11) is 1.80. The molecule has 0 saturated heterocycles. The minimum atomic E-state index is -0.381. The molecule has 2 amide bonds. The zero-order valence-corrected chi connectivity index (χ0v) is 18.1. The Kier molecular flexibility index (Phi) is 4.81. The van der Waals surface area contributed by atoms with Crippen LogP contribution >= 0.6 is 0 Å². The average Bonchev–Trinajstić information content (AvgIpc) is 3.44. The fourth-order valence-corrected chi connectivity index (χ4v) is 3.60. The van der Waals surface area contributed by atoms with E-state index in [-0.39, 0.29) is 24.1 Å². The Morgan fingerprint density at radius 2 is 1.85 bits per heavy atom. The number of pyridine rings is 1. The van der Waals surface area contributed by atoms with Gasteiger partial charge in [0.05, 0.1) is 29.5 Å². The van der Waals surface area contributed by atoms with Crippen LogP contribution in [0, 0.1) is 6.92 Å². The monoisotopic (exact) mass is 444 g/mol. The van der Waals surface area contributed by atoms with Crippen LogP contribution in [0.5, 0.6) is 0 Å². The number of hydrogen-bond donors (Lipinski definition) is 3. The molecule has 4 aromatic rings. The van der Waals surface area contributed by atoms with Gasteiger partial charge >= 0.3 is 0 Å². The number of hydrogen-bond acceptors (Lipinski definition) is 8. The van der Waals surface area contributed by atoms with E-state index in [1.807, 2.05) is 19.9 Å². The Bertz CT molecular complexity index is 1420. The quantitative estimate of drug-likeness (QED) is 0.432. The van der Waals surface area contributed by atoms with Crippen molar-refractivity contribution in [2.24, 2.45) is 0 Å². The molecule has 0 spiro atoms. The Balaban J connectivity index is 1.38. The first kappa shape index (κ1) is 20.3. The molecule has 0 saturated carbocycles. The first-order chi connectivity index (χ1) is 15.9. The smallest absolute Gasteiger partial charge is 0.276 e. The molecule has 3 N–H and O–H groups in total. The van der Waals surface area contributed by atoms with E-state index in [1.54, 1.807) is 47.1 Å². The van der Waals surface area contributed by atoms with Gasteiger partial charge in [-0.2, -0.15) is 5.10 Å². The van der Waals surface area contributed by atoms with E-state index in [0.717, 1.165) is 11.4 Å². The molecule has 5 rings (SSSR count). The topological polar surface area (TPSA) is 147 Å². The SMILES string of the molecule is CC1=C(C(=O)Nc2ccc3[nH]nc(C(=O)Nc4ccc(C)nc4)c3c2)Cn2nnnc2N1C. The lowest BCUT2D eigenvalue weighted by Gasteiger charge is -2.26. The second kappa shape index (κ2) is 7.82. The molecule has 33 heavy (non-hydrogen) atoms. The van der Waals surface area contributed by atoms with Gasteiger partial charge in [0.1, 0.15) is 0 Å². The lowest BCUT2D eigenvalue weighted by atomic mass is 10.1. The maximum absolute atomic E-state index is 13.0. The number of amides is 2. The number of aromatic amines is 1. The van der Waals surface area contributed by atoms with Gasteiger partial charge in [0.2, 0.25) is 5.95 Å². The van der Waals surface area contributed by atoms with Gasteiger partial charge in [-0.25, -0.2) is 4.68 Å². The number of aryl methyl sites for hydroxylation is 1. The lowest BCUT2D eigenvalue weighted by Crippen LogP contribution is -2.32. The van der Waals surface area contributed by atoms with Crippen LogP contribution in [-0.4, -0.2) is 54.3 Å². The second-order valence-corrected chi connectivity index (χ2v) is 7.69. The molecule has 0 radical (unpaired) electrons. The molecule has 1 aromatic carbocycles. The van der Waals surface area contributed by atoms with Crippen LogP contribution in [0.4, 0.5) is 17.3 Å². The molecule has 0 bridgehead atoms. The summed E-state index contributed by atoms with van der Waals surface area (Å²) >= 11 is 0. The van der Waals surface area contributed by atoms with Crippen LogP contribution in [-0.2, 0) is 11.3 Å². The molecule has 0 atom stereocenters. The standard InChI is InChI=1S/C21H20N10O2/c1-11-4-5-14(9-22-11)24-20(33)18-15-8-13(6-7-17(15)25-26-18)23-19(32)16-10-31-21(27-28-29-31)30(3)12(16)2/h4-9H,10H2,1-3H3,(H,23,32)(H,24,33)(H,25,26). The van der Waals surface area contributed by atoms with Gasteiger partial charge in [-0.1, -0.05) is 5.10 Å². The van der Waals surface area contributed by atoms with Crippen molar-refractivity contribution in [1.29, 1.82) is 0 Å². The number of benzene rings is 1. The predicted octanol–water partition coefficient (Wildman–Crippen LogP) is 1.87. The van der Waals surface area contributed by atoms with Crippen LogP contribution in [0.3, 0.4) is 0 Å². The largest absolute Gasteiger partial charge is 0.322 e. The van der Waals surface area contributed by atoms with Crippen LogP contribution < -0.4 is 15.5 Å². The maximum Gasteiger partial charge on any atom is 0.276 e. The fourth-order valence-electron chi connectivity index (χ4n) is 3.60. The summed E-state index contributed by atoms with van der Waals surface area (Å²) in [6.07, 6.45) is 1.58. The molecule has 1 aliphatic rings. The van der Waals surface area contributed by atoms with Crippen LogP contribution in [0.15, 0.2) is 47.8 Å². The van der Waals surface area contributed by atoms with Crippen molar-refractivity contribution < 1.29 is 9.59 Å². The molecule has 166 valence electrons. The van der Waals surface area contributed by atoms with Crippen molar-refractivity contribution in [3.05, 3.63) is 59.2 Å². The number of allylic oxidation sites excluding steroid dienone is 1. The summed E-state index contributed by atoms with van der Waals surface area (Å²) in [6, 6.07) is 8.80. The number of aromatic nitrogens is 7. The van der Waals surface area contributed by atoms with Crippen molar-refractivity contribution in [2.75, 3.05) is 22.6 Å². The van der Waals surface area contributed by atoms with Crippen LogP contribution in [0.25, 0.3) is 10.9 Å². The molecule has 0 aliphatic carbocycles. The van der Waals surface area contributed by atoms with E-state index >= 15 is 0 Å². The van der Waals surface area contributed by atoms with Gasteiger partial charge < -0.3 is 15.5 Å². The van der Waals surface area contributed by atoms with Crippen molar-refractivity contribution in [2.45, 2.75) is 20.4 Å². The van der Waals surface area contributed by atoms with E-state index in [1.165, 1.54) is 0 Å². The molecular weight excluding hydrogens is 424 g/mol. The Morgan fingerprint density at radius 1 is 1.06 bits per heavy atom. The normalized spacial score (nSPS) is 13.2. The highest BCUT2D eigenvalue weighted by Crippen LogP contribution is 2.26. The summed E-state index contributed by atoms with van der Waals surface area (Å²) in [4.78, 5) is 31.8. The average molecular weight is 444 g/mol. The van der Waals surface area contributed by atoms with E-state index in [0.29, 0.717) is 33.8 Å². The highest BCUT2D eigenvalue weighted by Gasteiger charge is 2.26. The summed E-state index contributed by atoms with van der Waals surface area (Å²) in [5, 5.41) is 24.8. The van der Waals surface area contributed by atoms with E-state index in [9.17, 15) is 9.59 Å². The number of fused-ring (bicyclic) bond motifs is 2. The molecule has 1 aliphatic heterocycles. The third-order valence-corrected chi connectivity index (χ3v) is 5.54. The molecule has 12 heteroatoms. The number of carbonyl (C=O) groups is 2.